The molecule has 2 aliphatic heterocycles. The Hall–Kier alpha value is -4.22. The van der Waals surface area contributed by atoms with Gasteiger partial charge in [-0.15, -0.1) is 0 Å². The molecule has 0 spiro atoms. The number of benzene rings is 2. The van der Waals surface area contributed by atoms with Gasteiger partial charge in [0.05, 0.1) is 33.3 Å². The predicted octanol–water partition coefficient (Wildman–Crippen LogP) is 3.48. The predicted molar refractivity (Wildman–Crippen MR) is 157 cm³/mol. The molecule has 2 amide bonds. The molecule has 5 rings (SSSR count). The number of amides is 2. The third kappa shape index (κ3) is 5.87. The van der Waals surface area contributed by atoms with Gasteiger partial charge in [0, 0.05) is 24.5 Å². The quantitative estimate of drug-likeness (QED) is 0.381. The summed E-state index contributed by atoms with van der Waals surface area (Å²) in [6, 6.07) is 13.2. The maximum Gasteiger partial charge on any atom is 0.256 e. The molecule has 1 aromatic heterocycles. The molecule has 0 saturated carbocycles. The topological polar surface area (TPSA) is 116 Å². The second-order valence-electron chi connectivity index (χ2n) is 11.0. The van der Waals surface area contributed by atoms with Gasteiger partial charge in [-0.1, -0.05) is 18.2 Å². The second kappa shape index (κ2) is 12.6. The van der Waals surface area contributed by atoms with Crippen molar-refractivity contribution in [1.29, 1.82) is 0 Å². The minimum absolute atomic E-state index is 0.0542. The molecule has 3 aromatic rings. The summed E-state index contributed by atoms with van der Waals surface area (Å²) < 4.78 is 36.6. The zero-order valence-electron chi connectivity index (χ0n) is 24.7. The molecule has 2 fully saturated rings. The number of pyridine rings is 1. The van der Waals surface area contributed by atoms with Crippen LogP contribution in [-0.2, 0) is 20.5 Å². The number of halogens is 1. The van der Waals surface area contributed by atoms with Crippen molar-refractivity contribution in [2.45, 2.75) is 30.3 Å². The van der Waals surface area contributed by atoms with Gasteiger partial charge in [-0.2, -0.15) is 0 Å². The summed E-state index contributed by atoms with van der Waals surface area (Å²) in [6.45, 7) is 2.28. The van der Waals surface area contributed by atoms with Crippen LogP contribution >= 0.6 is 0 Å². The van der Waals surface area contributed by atoms with Crippen LogP contribution in [0.15, 0.2) is 60.9 Å². The standard InChI is InChI=1S/C32H37FN4O6/c1-40-26-17-22(18-27(41-2)28(26)42-3)29(38)37-20-32(43-21-37,23-6-8-25(33)9-7-23)12-16-36-14-10-31(11-15-36,30(34)39)24-5-4-13-35-19-24/h4-9,13,17-19H,10-12,14-16,20-21H2,1-3H3,(H2,34,39). The molecule has 2 aliphatic rings. The summed E-state index contributed by atoms with van der Waals surface area (Å²) in [5.74, 6) is 0.186. The maximum atomic E-state index is 13.9. The number of methoxy groups -OCH3 is 3. The third-order valence-corrected chi connectivity index (χ3v) is 8.74. The van der Waals surface area contributed by atoms with Crippen LogP contribution in [0.2, 0.25) is 0 Å². The Morgan fingerprint density at radius 1 is 1.00 bits per heavy atom. The van der Waals surface area contributed by atoms with E-state index in [0.29, 0.717) is 61.7 Å². The number of piperidine rings is 1. The number of rotatable bonds is 10. The van der Waals surface area contributed by atoms with Crippen LogP contribution in [0.25, 0.3) is 0 Å². The Labute approximate surface area is 250 Å². The zero-order valence-corrected chi connectivity index (χ0v) is 24.7. The molecule has 43 heavy (non-hydrogen) atoms. The number of hydrogen-bond donors (Lipinski definition) is 1. The monoisotopic (exact) mass is 592 g/mol. The Balaban J connectivity index is 1.34. The first-order chi connectivity index (χ1) is 20.7. The molecule has 1 unspecified atom stereocenters. The van der Waals surface area contributed by atoms with Gasteiger partial charge in [0.25, 0.3) is 5.91 Å². The van der Waals surface area contributed by atoms with Crippen molar-refractivity contribution in [1.82, 2.24) is 14.8 Å². The zero-order chi connectivity index (χ0) is 30.6. The average Bonchev–Trinajstić information content (AvgIpc) is 3.49. The van der Waals surface area contributed by atoms with E-state index in [2.05, 4.69) is 9.88 Å². The molecule has 0 aliphatic carbocycles. The van der Waals surface area contributed by atoms with Gasteiger partial charge in [-0.3, -0.25) is 14.6 Å². The van der Waals surface area contributed by atoms with Gasteiger partial charge in [-0.25, -0.2) is 4.39 Å². The van der Waals surface area contributed by atoms with E-state index in [9.17, 15) is 14.0 Å². The van der Waals surface area contributed by atoms with E-state index >= 15 is 0 Å². The van der Waals surface area contributed by atoms with Crippen molar-refractivity contribution in [3.63, 3.8) is 0 Å². The number of aromatic nitrogens is 1. The highest BCUT2D eigenvalue weighted by atomic mass is 19.1. The van der Waals surface area contributed by atoms with Gasteiger partial charge in [-0.05, 0) is 73.8 Å². The van der Waals surface area contributed by atoms with E-state index in [1.807, 2.05) is 12.1 Å². The van der Waals surface area contributed by atoms with Crippen LogP contribution in [0.4, 0.5) is 4.39 Å². The SMILES string of the molecule is COc1cc(C(=O)N2COC(CCN3CCC(C(N)=O)(c4cccnc4)CC3)(c3ccc(F)cc3)C2)cc(OC)c1OC. The Kier molecular flexibility index (Phi) is 8.84. The van der Waals surface area contributed by atoms with Crippen molar-refractivity contribution in [2.75, 3.05) is 54.2 Å². The van der Waals surface area contributed by atoms with Crippen molar-refractivity contribution in [3.05, 3.63) is 83.4 Å². The summed E-state index contributed by atoms with van der Waals surface area (Å²) in [7, 11) is 4.49. The summed E-state index contributed by atoms with van der Waals surface area (Å²) in [4.78, 5) is 34.4. The summed E-state index contributed by atoms with van der Waals surface area (Å²) in [5, 5.41) is 0. The minimum atomic E-state index is -0.856. The lowest BCUT2D eigenvalue weighted by Gasteiger charge is -2.41. The highest BCUT2D eigenvalue weighted by Gasteiger charge is 2.45. The molecule has 2 saturated heterocycles. The van der Waals surface area contributed by atoms with Gasteiger partial charge >= 0.3 is 0 Å². The lowest BCUT2D eigenvalue weighted by Crippen LogP contribution is -2.51. The van der Waals surface area contributed by atoms with Crippen LogP contribution in [0.5, 0.6) is 17.2 Å². The van der Waals surface area contributed by atoms with E-state index in [0.717, 1.165) is 11.1 Å². The van der Waals surface area contributed by atoms with E-state index in [-0.39, 0.29) is 30.9 Å². The maximum absolute atomic E-state index is 13.9. The van der Waals surface area contributed by atoms with Crippen LogP contribution in [0, 0.1) is 5.82 Å². The smallest absolute Gasteiger partial charge is 0.256 e. The first-order valence-corrected chi connectivity index (χ1v) is 14.2. The molecule has 1 atom stereocenters. The molecular formula is C32H37FN4O6. The molecule has 2 N–H and O–H groups in total. The third-order valence-electron chi connectivity index (χ3n) is 8.74. The lowest BCUT2D eigenvalue weighted by atomic mass is 9.72. The largest absolute Gasteiger partial charge is 0.493 e. The number of nitrogens with two attached hydrogens (primary N) is 1. The number of carbonyl (C=O) groups excluding carboxylic acids is 2. The molecule has 10 nitrogen and oxygen atoms in total. The highest BCUT2D eigenvalue weighted by molar-refractivity contribution is 5.96. The van der Waals surface area contributed by atoms with Gasteiger partial charge in [0.2, 0.25) is 11.7 Å². The van der Waals surface area contributed by atoms with Gasteiger partial charge in [0.15, 0.2) is 11.5 Å². The number of hydrogen-bond acceptors (Lipinski definition) is 8. The highest BCUT2D eigenvalue weighted by Crippen LogP contribution is 2.41. The Morgan fingerprint density at radius 2 is 1.67 bits per heavy atom. The second-order valence-corrected chi connectivity index (χ2v) is 11.0. The number of nitrogens with zero attached hydrogens (tertiary/aromatic N) is 3. The Bertz CT molecular complexity index is 1420. The fourth-order valence-corrected chi connectivity index (χ4v) is 6.16. The first-order valence-electron chi connectivity index (χ1n) is 14.2. The fourth-order valence-electron chi connectivity index (χ4n) is 6.16. The lowest BCUT2D eigenvalue weighted by molar-refractivity contribution is -0.125. The molecule has 228 valence electrons. The Morgan fingerprint density at radius 3 is 2.23 bits per heavy atom. The number of ether oxygens (including phenoxy) is 4. The molecule has 0 radical (unpaired) electrons. The van der Waals surface area contributed by atoms with E-state index in [1.54, 1.807) is 41.6 Å². The van der Waals surface area contributed by atoms with E-state index in [1.165, 1.54) is 33.5 Å². The molecule has 3 heterocycles. The molecule has 11 heteroatoms. The normalized spacial score (nSPS) is 20.0. The summed E-state index contributed by atoms with van der Waals surface area (Å²) in [6.07, 6.45) is 5.10. The number of carbonyl (C=O) groups is 2. The van der Waals surface area contributed by atoms with Crippen molar-refractivity contribution >= 4 is 11.8 Å². The molecule has 2 aromatic carbocycles. The first kappa shape index (κ1) is 30.2. The van der Waals surface area contributed by atoms with Gasteiger partial charge in [0.1, 0.15) is 18.1 Å². The van der Waals surface area contributed by atoms with E-state index in [4.69, 9.17) is 24.7 Å². The van der Waals surface area contributed by atoms with Crippen molar-refractivity contribution in [2.24, 2.45) is 5.73 Å². The van der Waals surface area contributed by atoms with Crippen molar-refractivity contribution in [3.8, 4) is 17.2 Å². The summed E-state index contributed by atoms with van der Waals surface area (Å²) >= 11 is 0. The van der Waals surface area contributed by atoms with Crippen LogP contribution in [0.1, 0.15) is 40.7 Å². The van der Waals surface area contributed by atoms with Gasteiger partial charge < -0.3 is 34.5 Å². The number of likely N-dealkylation sites (tertiary alicyclic amines) is 1. The average molecular weight is 593 g/mol. The van der Waals surface area contributed by atoms with Crippen LogP contribution in [0.3, 0.4) is 0 Å². The van der Waals surface area contributed by atoms with Crippen LogP contribution < -0.4 is 19.9 Å². The van der Waals surface area contributed by atoms with Crippen molar-refractivity contribution < 1.29 is 32.9 Å². The van der Waals surface area contributed by atoms with E-state index < -0.39 is 11.0 Å². The minimum Gasteiger partial charge on any atom is -0.493 e. The number of primary amides is 1. The van der Waals surface area contributed by atoms with Crippen LogP contribution in [-0.4, -0.2) is 80.8 Å². The molecular weight excluding hydrogens is 555 g/mol. The fraction of sp³-hybridized carbons (Fsp3) is 0.406. The summed E-state index contributed by atoms with van der Waals surface area (Å²) in [5.41, 5.74) is 6.28. The molecule has 0 bridgehead atoms.